The topological polar surface area (TPSA) is 102 Å². The van der Waals surface area contributed by atoms with Crippen LogP contribution in [0.2, 0.25) is 0 Å². The number of anilines is 2. The Labute approximate surface area is 146 Å². The van der Waals surface area contributed by atoms with E-state index in [1.54, 1.807) is 49.4 Å². The SMILES string of the molecule is CC1=C(O)C(Cc2ccc(N)cc2)=CC(=Nc2ccc(N)cc2)C1=O. The van der Waals surface area contributed by atoms with Crippen LogP contribution in [0.15, 0.2) is 76.5 Å². The molecule has 0 aliphatic heterocycles. The monoisotopic (exact) mass is 333 g/mol. The highest BCUT2D eigenvalue weighted by atomic mass is 16.3. The molecule has 2 aromatic rings. The van der Waals surface area contributed by atoms with Gasteiger partial charge in [-0.1, -0.05) is 12.1 Å². The van der Waals surface area contributed by atoms with E-state index >= 15 is 0 Å². The average Bonchev–Trinajstić information content (AvgIpc) is 2.61. The first kappa shape index (κ1) is 16.5. The van der Waals surface area contributed by atoms with Crippen molar-refractivity contribution in [2.75, 3.05) is 11.5 Å². The highest BCUT2D eigenvalue weighted by molar-refractivity contribution is 6.51. The van der Waals surface area contributed by atoms with Gasteiger partial charge in [-0.05, 0) is 55.0 Å². The van der Waals surface area contributed by atoms with E-state index in [1.165, 1.54) is 0 Å². The van der Waals surface area contributed by atoms with Crippen molar-refractivity contribution in [2.24, 2.45) is 4.99 Å². The van der Waals surface area contributed by atoms with Crippen molar-refractivity contribution in [3.05, 3.63) is 77.1 Å². The Morgan fingerprint density at radius 3 is 2.12 bits per heavy atom. The van der Waals surface area contributed by atoms with Crippen LogP contribution in [0.1, 0.15) is 12.5 Å². The van der Waals surface area contributed by atoms with Gasteiger partial charge >= 0.3 is 0 Å². The number of carbonyl (C=O) groups excluding carboxylic acids is 1. The number of allylic oxidation sites excluding steroid dienone is 3. The van der Waals surface area contributed by atoms with Gasteiger partial charge in [0, 0.05) is 28.9 Å². The summed E-state index contributed by atoms with van der Waals surface area (Å²) in [5.41, 5.74) is 15.5. The van der Waals surface area contributed by atoms with Crippen molar-refractivity contribution < 1.29 is 9.90 Å². The first-order valence-electron chi connectivity index (χ1n) is 7.88. The number of ketones is 1. The predicted molar refractivity (Wildman–Crippen MR) is 101 cm³/mol. The number of hydrogen-bond donors (Lipinski definition) is 3. The summed E-state index contributed by atoms with van der Waals surface area (Å²) in [6.07, 6.45) is 2.12. The van der Waals surface area contributed by atoms with Crippen molar-refractivity contribution in [2.45, 2.75) is 13.3 Å². The number of aliphatic hydroxyl groups is 1. The van der Waals surface area contributed by atoms with Gasteiger partial charge in [0.2, 0.25) is 5.78 Å². The zero-order valence-corrected chi connectivity index (χ0v) is 13.9. The number of rotatable bonds is 3. The van der Waals surface area contributed by atoms with Gasteiger partial charge < -0.3 is 16.6 Å². The number of aliphatic hydroxyl groups excluding tert-OH is 1. The van der Waals surface area contributed by atoms with Gasteiger partial charge in [-0.2, -0.15) is 0 Å². The fourth-order valence-corrected chi connectivity index (χ4v) is 2.60. The largest absolute Gasteiger partial charge is 0.507 e. The third-order valence-electron chi connectivity index (χ3n) is 4.06. The number of hydrogen-bond acceptors (Lipinski definition) is 5. The van der Waals surface area contributed by atoms with Crippen molar-refractivity contribution in [1.82, 2.24) is 0 Å². The van der Waals surface area contributed by atoms with Gasteiger partial charge in [0.1, 0.15) is 11.5 Å². The third-order valence-corrected chi connectivity index (χ3v) is 4.06. The summed E-state index contributed by atoms with van der Waals surface area (Å²) in [4.78, 5) is 16.8. The molecular formula is C20H19N3O2. The third kappa shape index (κ3) is 3.61. The van der Waals surface area contributed by atoms with Crippen LogP contribution in [0, 0.1) is 0 Å². The van der Waals surface area contributed by atoms with E-state index < -0.39 is 0 Å². The maximum atomic E-state index is 12.4. The molecular weight excluding hydrogens is 314 g/mol. The van der Waals surface area contributed by atoms with Crippen molar-refractivity contribution in [3.63, 3.8) is 0 Å². The highest BCUT2D eigenvalue weighted by Crippen LogP contribution is 2.25. The van der Waals surface area contributed by atoms with E-state index in [1.807, 2.05) is 12.1 Å². The maximum absolute atomic E-state index is 12.4. The fraction of sp³-hybridized carbons (Fsp3) is 0.100. The van der Waals surface area contributed by atoms with Crippen molar-refractivity contribution in [3.8, 4) is 0 Å². The summed E-state index contributed by atoms with van der Waals surface area (Å²) in [6, 6.07) is 14.4. The summed E-state index contributed by atoms with van der Waals surface area (Å²) in [5, 5.41) is 10.3. The number of Topliss-reactive ketones (excluding diaryl/α,β-unsaturated/α-hetero) is 1. The van der Waals surface area contributed by atoms with E-state index in [-0.39, 0.29) is 11.5 Å². The summed E-state index contributed by atoms with van der Waals surface area (Å²) in [7, 11) is 0. The van der Waals surface area contributed by atoms with Gasteiger partial charge in [-0.25, -0.2) is 4.99 Å². The average molecular weight is 333 g/mol. The second-order valence-electron chi connectivity index (χ2n) is 5.98. The Morgan fingerprint density at radius 1 is 0.960 bits per heavy atom. The first-order valence-corrected chi connectivity index (χ1v) is 7.88. The van der Waals surface area contributed by atoms with Crippen LogP contribution in [0.3, 0.4) is 0 Å². The Kier molecular flexibility index (Phi) is 4.39. The summed E-state index contributed by atoms with van der Waals surface area (Å²) >= 11 is 0. The molecule has 5 heteroatoms. The summed E-state index contributed by atoms with van der Waals surface area (Å²) < 4.78 is 0. The molecule has 1 aliphatic rings. The number of nitrogens with two attached hydrogens (primary N) is 2. The zero-order chi connectivity index (χ0) is 18.0. The molecule has 0 radical (unpaired) electrons. The van der Waals surface area contributed by atoms with Crippen LogP contribution in [0.4, 0.5) is 17.1 Å². The standard InChI is InChI=1S/C20H19N3O2/c1-12-19(24)14(10-13-2-4-15(21)5-3-13)11-18(20(12)25)23-17-8-6-16(22)7-9-17/h2-9,11,24H,10,21-22H2,1H3. The van der Waals surface area contributed by atoms with E-state index in [4.69, 9.17) is 11.5 Å². The predicted octanol–water partition coefficient (Wildman–Crippen LogP) is 3.51. The second-order valence-corrected chi connectivity index (χ2v) is 5.98. The molecule has 0 aromatic heterocycles. The number of benzene rings is 2. The molecule has 0 saturated carbocycles. The number of aliphatic imine (C=N–C) groups is 1. The fourth-order valence-electron chi connectivity index (χ4n) is 2.60. The zero-order valence-electron chi connectivity index (χ0n) is 13.9. The van der Waals surface area contributed by atoms with Gasteiger partial charge in [0.05, 0.1) is 5.69 Å². The van der Waals surface area contributed by atoms with Gasteiger partial charge in [-0.3, -0.25) is 4.79 Å². The minimum absolute atomic E-state index is 0.0121. The number of carbonyl (C=O) groups is 1. The van der Waals surface area contributed by atoms with Crippen molar-refractivity contribution in [1.29, 1.82) is 0 Å². The number of nitrogen functional groups attached to an aromatic ring is 2. The molecule has 0 saturated heterocycles. The Morgan fingerprint density at radius 2 is 1.52 bits per heavy atom. The minimum Gasteiger partial charge on any atom is -0.507 e. The van der Waals surface area contributed by atoms with Crippen molar-refractivity contribution >= 4 is 28.6 Å². The van der Waals surface area contributed by atoms with Crippen LogP contribution < -0.4 is 11.5 Å². The number of nitrogens with zero attached hydrogens (tertiary/aromatic N) is 1. The van der Waals surface area contributed by atoms with Gasteiger partial charge in [0.15, 0.2) is 0 Å². The maximum Gasteiger partial charge on any atom is 0.210 e. The molecule has 0 spiro atoms. The molecule has 0 unspecified atom stereocenters. The molecule has 0 bridgehead atoms. The Balaban J connectivity index is 1.96. The molecule has 1 aliphatic carbocycles. The lowest BCUT2D eigenvalue weighted by Crippen LogP contribution is -2.21. The molecule has 126 valence electrons. The molecule has 5 nitrogen and oxygen atoms in total. The molecule has 0 atom stereocenters. The Hall–Kier alpha value is -3.34. The van der Waals surface area contributed by atoms with Gasteiger partial charge in [0.25, 0.3) is 0 Å². The molecule has 2 aromatic carbocycles. The smallest absolute Gasteiger partial charge is 0.210 e. The molecule has 0 amide bonds. The highest BCUT2D eigenvalue weighted by Gasteiger charge is 2.24. The molecule has 0 heterocycles. The lowest BCUT2D eigenvalue weighted by atomic mass is 9.91. The van der Waals surface area contributed by atoms with E-state index in [9.17, 15) is 9.90 Å². The van der Waals surface area contributed by atoms with Crippen LogP contribution in [0.5, 0.6) is 0 Å². The first-order chi connectivity index (χ1) is 11.9. The molecule has 25 heavy (non-hydrogen) atoms. The lowest BCUT2D eigenvalue weighted by molar-refractivity contribution is -0.109. The summed E-state index contributed by atoms with van der Waals surface area (Å²) in [5.74, 6) is -0.270. The quantitative estimate of drug-likeness (QED) is 0.591. The van der Waals surface area contributed by atoms with Crippen LogP contribution >= 0.6 is 0 Å². The minimum atomic E-state index is -0.282. The second kappa shape index (κ2) is 6.65. The summed E-state index contributed by atoms with van der Waals surface area (Å²) in [6.45, 7) is 1.60. The van der Waals surface area contributed by atoms with E-state index in [0.29, 0.717) is 40.3 Å². The van der Waals surface area contributed by atoms with Gasteiger partial charge in [-0.15, -0.1) is 0 Å². The molecule has 0 fully saturated rings. The molecule has 5 N–H and O–H groups in total. The van der Waals surface area contributed by atoms with E-state index in [2.05, 4.69) is 4.99 Å². The lowest BCUT2D eigenvalue weighted by Gasteiger charge is -2.16. The van der Waals surface area contributed by atoms with Crippen LogP contribution in [-0.4, -0.2) is 16.6 Å². The van der Waals surface area contributed by atoms with E-state index in [0.717, 1.165) is 5.56 Å². The van der Waals surface area contributed by atoms with Crippen LogP contribution in [-0.2, 0) is 11.2 Å². The molecule has 3 rings (SSSR count). The Bertz CT molecular complexity index is 905. The van der Waals surface area contributed by atoms with Crippen LogP contribution in [0.25, 0.3) is 0 Å². The normalized spacial score (nSPS) is 16.3.